The molecule has 0 spiro atoms. The molecule has 2 rings (SSSR count). The van der Waals surface area contributed by atoms with E-state index in [0.29, 0.717) is 22.8 Å². The van der Waals surface area contributed by atoms with Gasteiger partial charge >= 0.3 is 0 Å². The first kappa shape index (κ1) is 16.4. The molecule has 22 heavy (non-hydrogen) atoms. The lowest BCUT2D eigenvalue weighted by Gasteiger charge is -2.23. The maximum Gasteiger partial charge on any atom is 0.220 e. The normalized spacial score (nSPS) is 12.4. The molecule has 0 aliphatic carbocycles. The Hall–Kier alpha value is -1.95. The van der Waals surface area contributed by atoms with Gasteiger partial charge in [0, 0.05) is 23.4 Å². The van der Waals surface area contributed by atoms with Crippen molar-refractivity contribution in [3.8, 4) is 0 Å². The van der Waals surface area contributed by atoms with Crippen LogP contribution < -0.4 is 5.32 Å². The fourth-order valence-corrected chi connectivity index (χ4v) is 2.34. The SMILES string of the molecule is CC(C)C(NC(=O)CCc1ncn[nH]1)c1ccc(Cl)cc1F. The number of carbonyl (C=O) groups is 1. The third-order valence-corrected chi connectivity index (χ3v) is 3.57. The van der Waals surface area contributed by atoms with Gasteiger partial charge in [-0.2, -0.15) is 5.10 Å². The number of rotatable bonds is 6. The van der Waals surface area contributed by atoms with Crippen LogP contribution >= 0.6 is 11.6 Å². The van der Waals surface area contributed by atoms with E-state index in [1.807, 2.05) is 13.8 Å². The number of aryl methyl sites for hydroxylation is 1. The number of hydrogen-bond donors (Lipinski definition) is 2. The molecule has 0 saturated carbocycles. The van der Waals surface area contributed by atoms with Gasteiger partial charge in [0.05, 0.1) is 6.04 Å². The van der Waals surface area contributed by atoms with E-state index in [-0.39, 0.29) is 18.2 Å². The number of benzene rings is 1. The van der Waals surface area contributed by atoms with E-state index in [9.17, 15) is 9.18 Å². The number of H-pyrrole nitrogens is 1. The highest BCUT2D eigenvalue weighted by Crippen LogP contribution is 2.26. The van der Waals surface area contributed by atoms with Crippen LogP contribution in [0.2, 0.25) is 5.02 Å². The molecule has 5 nitrogen and oxygen atoms in total. The van der Waals surface area contributed by atoms with Crippen molar-refractivity contribution < 1.29 is 9.18 Å². The van der Waals surface area contributed by atoms with Crippen LogP contribution in [0, 0.1) is 11.7 Å². The zero-order chi connectivity index (χ0) is 16.1. The zero-order valence-electron chi connectivity index (χ0n) is 12.4. The van der Waals surface area contributed by atoms with E-state index >= 15 is 0 Å². The topological polar surface area (TPSA) is 70.7 Å². The highest BCUT2D eigenvalue weighted by Gasteiger charge is 2.21. The Labute approximate surface area is 133 Å². The van der Waals surface area contributed by atoms with Gasteiger partial charge in [-0.3, -0.25) is 9.89 Å². The Kier molecular flexibility index (Phi) is 5.49. The molecule has 118 valence electrons. The minimum Gasteiger partial charge on any atom is -0.349 e. The summed E-state index contributed by atoms with van der Waals surface area (Å²) in [6.45, 7) is 3.85. The van der Waals surface area contributed by atoms with Crippen molar-refractivity contribution >= 4 is 17.5 Å². The van der Waals surface area contributed by atoms with Crippen LogP contribution in [-0.2, 0) is 11.2 Å². The van der Waals surface area contributed by atoms with Gasteiger partial charge in [-0.25, -0.2) is 9.37 Å². The summed E-state index contributed by atoms with van der Waals surface area (Å²) < 4.78 is 14.1. The molecule has 0 aliphatic heterocycles. The van der Waals surface area contributed by atoms with Gasteiger partial charge in [0.2, 0.25) is 5.91 Å². The maximum atomic E-state index is 14.1. The number of aromatic nitrogens is 3. The molecule has 1 heterocycles. The van der Waals surface area contributed by atoms with Gasteiger partial charge in [0.25, 0.3) is 0 Å². The molecule has 1 amide bonds. The predicted molar refractivity (Wildman–Crippen MR) is 81.8 cm³/mol. The van der Waals surface area contributed by atoms with Gasteiger partial charge in [0.15, 0.2) is 0 Å². The molecule has 2 aromatic rings. The fourth-order valence-electron chi connectivity index (χ4n) is 2.19. The van der Waals surface area contributed by atoms with Crippen molar-refractivity contribution in [2.75, 3.05) is 0 Å². The summed E-state index contributed by atoms with van der Waals surface area (Å²) in [6.07, 6.45) is 2.11. The Balaban J connectivity index is 2.03. The predicted octanol–water partition coefficient (Wildman–Crippen LogP) is 3.04. The first-order valence-corrected chi connectivity index (χ1v) is 7.43. The van der Waals surface area contributed by atoms with Crippen LogP contribution in [0.4, 0.5) is 4.39 Å². The van der Waals surface area contributed by atoms with Gasteiger partial charge < -0.3 is 5.32 Å². The van der Waals surface area contributed by atoms with Gasteiger partial charge in [-0.15, -0.1) is 0 Å². The number of carbonyl (C=O) groups excluding carboxylic acids is 1. The molecule has 1 aromatic heterocycles. The van der Waals surface area contributed by atoms with Gasteiger partial charge in [0.1, 0.15) is 18.0 Å². The summed E-state index contributed by atoms with van der Waals surface area (Å²) in [6, 6.07) is 4.08. The Morgan fingerprint density at radius 3 is 2.82 bits per heavy atom. The molecule has 0 fully saturated rings. The number of hydrogen-bond acceptors (Lipinski definition) is 3. The summed E-state index contributed by atoms with van der Waals surface area (Å²) >= 11 is 5.77. The first-order valence-electron chi connectivity index (χ1n) is 7.06. The molecule has 2 N–H and O–H groups in total. The van der Waals surface area contributed by atoms with Crippen LogP contribution in [0.15, 0.2) is 24.5 Å². The van der Waals surface area contributed by atoms with Crippen molar-refractivity contribution in [1.29, 1.82) is 0 Å². The smallest absolute Gasteiger partial charge is 0.220 e. The van der Waals surface area contributed by atoms with E-state index in [0.717, 1.165) is 0 Å². The Bertz CT molecular complexity index is 630. The fraction of sp³-hybridized carbons (Fsp3) is 0.400. The van der Waals surface area contributed by atoms with E-state index in [4.69, 9.17) is 11.6 Å². The highest BCUT2D eigenvalue weighted by atomic mass is 35.5. The Morgan fingerprint density at radius 2 is 2.23 bits per heavy atom. The number of aromatic amines is 1. The number of halogens is 2. The molecule has 1 aromatic carbocycles. The molecule has 0 bridgehead atoms. The van der Waals surface area contributed by atoms with Gasteiger partial charge in [-0.05, 0) is 18.1 Å². The highest BCUT2D eigenvalue weighted by molar-refractivity contribution is 6.30. The van der Waals surface area contributed by atoms with Crippen LogP contribution in [0.5, 0.6) is 0 Å². The van der Waals surface area contributed by atoms with Crippen LogP contribution in [0.3, 0.4) is 0 Å². The van der Waals surface area contributed by atoms with Crippen LogP contribution in [0.25, 0.3) is 0 Å². The lowest BCUT2D eigenvalue weighted by Crippen LogP contribution is -2.32. The molecule has 1 unspecified atom stereocenters. The van der Waals surface area contributed by atoms with Crippen molar-refractivity contribution in [2.45, 2.75) is 32.7 Å². The van der Waals surface area contributed by atoms with Crippen molar-refractivity contribution in [3.63, 3.8) is 0 Å². The van der Waals surface area contributed by atoms with Crippen LogP contribution in [0.1, 0.15) is 37.7 Å². The van der Waals surface area contributed by atoms with Crippen molar-refractivity contribution in [3.05, 3.63) is 46.8 Å². The molecule has 0 saturated heterocycles. The first-order chi connectivity index (χ1) is 10.5. The van der Waals surface area contributed by atoms with E-state index in [2.05, 4.69) is 20.5 Å². The summed E-state index contributed by atoms with van der Waals surface area (Å²) in [4.78, 5) is 16.0. The molecule has 0 radical (unpaired) electrons. The average molecular weight is 325 g/mol. The van der Waals surface area contributed by atoms with E-state index in [1.165, 1.54) is 12.4 Å². The summed E-state index contributed by atoms with van der Waals surface area (Å²) in [5, 5.41) is 9.63. The molecule has 7 heteroatoms. The van der Waals surface area contributed by atoms with E-state index < -0.39 is 11.9 Å². The minimum atomic E-state index is -0.415. The standard InChI is InChI=1S/C15H18ClFN4O/c1-9(2)15(11-4-3-10(16)7-12(11)17)20-14(22)6-5-13-18-8-19-21-13/h3-4,7-9,15H,5-6H2,1-2H3,(H,20,22)(H,18,19,21). The van der Waals surface area contributed by atoms with Crippen LogP contribution in [-0.4, -0.2) is 21.1 Å². The largest absolute Gasteiger partial charge is 0.349 e. The monoisotopic (exact) mass is 324 g/mol. The lowest BCUT2D eigenvalue weighted by atomic mass is 9.95. The lowest BCUT2D eigenvalue weighted by molar-refractivity contribution is -0.122. The summed E-state index contributed by atoms with van der Waals surface area (Å²) in [5.74, 6) is 0.116. The number of nitrogens with zero attached hydrogens (tertiary/aromatic N) is 2. The number of amides is 1. The summed E-state index contributed by atoms with van der Waals surface area (Å²) in [5.41, 5.74) is 0.437. The van der Waals surface area contributed by atoms with Gasteiger partial charge in [-0.1, -0.05) is 31.5 Å². The maximum absolute atomic E-state index is 14.1. The molecule has 1 atom stereocenters. The second-order valence-corrected chi connectivity index (χ2v) is 5.82. The van der Waals surface area contributed by atoms with Crippen molar-refractivity contribution in [2.24, 2.45) is 5.92 Å². The minimum absolute atomic E-state index is 0.0462. The Morgan fingerprint density at radius 1 is 1.45 bits per heavy atom. The zero-order valence-corrected chi connectivity index (χ0v) is 13.2. The third kappa shape index (κ3) is 4.27. The second-order valence-electron chi connectivity index (χ2n) is 5.39. The second kappa shape index (κ2) is 7.35. The molecule has 0 aliphatic rings. The average Bonchev–Trinajstić information content (AvgIpc) is 2.96. The van der Waals surface area contributed by atoms with E-state index in [1.54, 1.807) is 12.1 Å². The molecular formula is C15H18ClFN4O. The third-order valence-electron chi connectivity index (χ3n) is 3.33. The quantitative estimate of drug-likeness (QED) is 0.858. The summed E-state index contributed by atoms with van der Waals surface area (Å²) in [7, 11) is 0. The molecular weight excluding hydrogens is 307 g/mol. The van der Waals surface area contributed by atoms with Crippen molar-refractivity contribution in [1.82, 2.24) is 20.5 Å². The number of nitrogens with one attached hydrogen (secondary N) is 2.